The van der Waals surface area contributed by atoms with Gasteiger partial charge < -0.3 is 16.6 Å². The van der Waals surface area contributed by atoms with E-state index < -0.39 is 5.97 Å². The van der Waals surface area contributed by atoms with Gasteiger partial charge in [-0.05, 0) is 37.5 Å². The molecule has 0 spiro atoms. The van der Waals surface area contributed by atoms with E-state index in [-0.39, 0.29) is 18.5 Å². The number of carboxylic acid groups (broad SMARTS) is 1. The Morgan fingerprint density at radius 3 is 2.69 bits per heavy atom. The molecule has 1 fully saturated rings. The third-order valence-electron chi connectivity index (χ3n) is 3.85. The molecule has 0 aromatic rings. The molecule has 92 valence electrons. The van der Waals surface area contributed by atoms with Crippen LogP contribution in [0.5, 0.6) is 0 Å². The van der Waals surface area contributed by atoms with Gasteiger partial charge in [-0.2, -0.15) is 0 Å². The van der Waals surface area contributed by atoms with Crippen LogP contribution in [0.4, 0.5) is 0 Å². The first kappa shape index (κ1) is 13.5. The first-order valence-corrected chi connectivity index (χ1v) is 6.27. The Morgan fingerprint density at radius 1 is 1.44 bits per heavy atom. The number of aliphatic carboxylic acids is 1. The van der Waals surface area contributed by atoms with Crippen molar-refractivity contribution in [2.75, 3.05) is 0 Å². The molecule has 1 saturated carbocycles. The average Bonchev–Trinajstić information content (AvgIpc) is 2.23. The summed E-state index contributed by atoms with van der Waals surface area (Å²) in [5.74, 6) is 0.109. The molecule has 16 heavy (non-hydrogen) atoms. The second kappa shape index (κ2) is 6.25. The van der Waals surface area contributed by atoms with Gasteiger partial charge in [0.1, 0.15) is 7.85 Å². The molecule has 0 bridgehead atoms. The molecule has 0 radical (unpaired) electrons. The first-order chi connectivity index (χ1) is 7.54. The van der Waals surface area contributed by atoms with Crippen LogP contribution in [0.15, 0.2) is 0 Å². The molecular weight excluding hydrogens is 203 g/mol. The SMILES string of the molecule is BCC(CCC(=O)O)C1CC(N)CCC1N. The predicted molar refractivity (Wildman–Crippen MR) is 67.0 cm³/mol. The molecule has 0 heterocycles. The molecule has 1 aliphatic rings. The number of carboxylic acids is 1. The zero-order chi connectivity index (χ0) is 12.1. The number of carbonyl (C=O) groups is 1. The normalized spacial score (nSPS) is 32.2. The molecule has 0 amide bonds. The van der Waals surface area contributed by atoms with Crippen LogP contribution in [0.3, 0.4) is 0 Å². The zero-order valence-electron chi connectivity index (χ0n) is 10.1. The molecule has 5 heteroatoms. The summed E-state index contributed by atoms with van der Waals surface area (Å²) in [7, 11) is 2.11. The third kappa shape index (κ3) is 3.79. The van der Waals surface area contributed by atoms with Crippen molar-refractivity contribution in [1.82, 2.24) is 0 Å². The van der Waals surface area contributed by atoms with Gasteiger partial charge in [-0.15, -0.1) is 0 Å². The fraction of sp³-hybridized carbons (Fsp3) is 0.909. The molecule has 4 unspecified atom stereocenters. The summed E-state index contributed by atoms with van der Waals surface area (Å²) in [6, 6.07) is 0.460. The van der Waals surface area contributed by atoms with Crippen LogP contribution in [0.1, 0.15) is 32.1 Å². The van der Waals surface area contributed by atoms with Crippen molar-refractivity contribution in [2.45, 2.75) is 50.5 Å². The van der Waals surface area contributed by atoms with Crippen LogP contribution >= 0.6 is 0 Å². The summed E-state index contributed by atoms with van der Waals surface area (Å²) in [5, 5.41) is 8.72. The lowest BCUT2D eigenvalue weighted by atomic mass is 9.69. The van der Waals surface area contributed by atoms with E-state index in [1.165, 1.54) is 0 Å². The van der Waals surface area contributed by atoms with Gasteiger partial charge >= 0.3 is 5.97 Å². The molecule has 4 atom stereocenters. The summed E-state index contributed by atoms with van der Waals surface area (Å²) in [5.41, 5.74) is 12.1. The maximum Gasteiger partial charge on any atom is 0.303 e. The molecule has 0 aromatic carbocycles. The maximum absolute atomic E-state index is 10.6. The van der Waals surface area contributed by atoms with E-state index in [9.17, 15) is 4.79 Å². The van der Waals surface area contributed by atoms with Gasteiger partial charge in [-0.25, -0.2) is 0 Å². The van der Waals surface area contributed by atoms with Crippen molar-refractivity contribution in [3.63, 3.8) is 0 Å². The molecule has 1 aliphatic carbocycles. The molecule has 0 aromatic heterocycles. The Morgan fingerprint density at radius 2 is 2.12 bits per heavy atom. The quantitative estimate of drug-likeness (QED) is 0.574. The highest BCUT2D eigenvalue weighted by Gasteiger charge is 2.31. The Balaban J connectivity index is 2.52. The van der Waals surface area contributed by atoms with Gasteiger partial charge in [0.25, 0.3) is 0 Å². The van der Waals surface area contributed by atoms with Crippen molar-refractivity contribution in [2.24, 2.45) is 23.3 Å². The topological polar surface area (TPSA) is 89.3 Å². The lowest BCUT2D eigenvalue weighted by Gasteiger charge is -2.37. The van der Waals surface area contributed by atoms with E-state index in [2.05, 4.69) is 7.85 Å². The summed E-state index contributed by atoms with van der Waals surface area (Å²) in [6.45, 7) is 0. The number of hydrogen-bond donors (Lipinski definition) is 3. The highest BCUT2D eigenvalue weighted by Crippen LogP contribution is 2.33. The van der Waals surface area contributed by atoms with Gasteiger partial charge in [-0.1, -0.05) is 6.32 Å². The van der Waals surface area contributed by atoms with Gasteiger partial charge in [0.15, 0.2) is 0 Å². The van der Waals surface area contributed by atoms with Crippen LogP contribution in [0.25, 0.3) is 0 Å². The van der Waals surface area contributed by atoms with Gasteiger partial charge in [-0.3, -0.25) is 4.79 Å². The number of hydrogen-bond acceptors (Lipinski definition) is 3. The molecule has 0 aliphatic heterocycles. The summed E-state index contributed by atoms with van der Waals surface area (Å²) < 4.78 is 0. The first-order valence-electron chi connectivity index (χ1n) is 6.27. The van der Waals surface area contributed by atoms with Gasteiger partial charge in [0.2, 0.25) is 0 Å². The standard InChI is InChI=1S/C11H23BN2O2/c12-6-7(1-4-11(15)16)9-5-8(13)2-3-10(9)14/h7-10H,1-6,12-14H2,(H,15,16). The highest BCUT2D eigenvalue weighted by atomic mass is 16.4. The largest absolute Gasteiger partial charge is 0.481 e. The van der Waals surface area contributed by atoms with Crippen LogP contribution in [-0.4, -0.2) is 31.0 Å². The maximum atomic E-state index is 10.6. The van der Waals surface area contributed by atoms with Crippen molar-refractivity contribution in [3.05, 3.63) is 0 Å². The molecule has 4 nitrogen and oxygen atoms in total. The third-order valence-corrected chi connectivity index (χ3v) is 3.85. The summed E-state index contributed by atoms with van der Waals surface area (Å²) >= 11 is 0. The van der Waals surface area contributed by atoms with E-state index in [1.54, 1.807) is 0 Å². The van der Waals surface area contributed by atoms with E-state index in [0.29, 0.717) is 11.8 Å². The number of rotatable bonds is 5. The average molecular weight is 226 g/mol. The molecule has 0 saturated heterocycles. The van der Waals surface area contributed by atoms with Crippen LogP contribution in [-0.2, 0) is 4.79 Å². The van der Waals surface area contributed by atoms with Crippen molar-refractivity contribution < 1.29 is 9.90 Å². The van der Waals surface area contributed by atoms with Crippen molar-refractivity contribution in [1.29, 1.82) is 0 Å². The van der Waals surface area contributed by atoms with Crippen LogP contribution in [0, 0.1) is 11.8 Å². The van der Waals surface area contributed by atoms with Gasteiger partial charge in [0.05, 0.1) is 0 Å². The van der Waals surface area contributed by atoms with E-state index in [1.807, 2.05) is 0 Å². The van der Waals surface area contributed by atoms with E-state index in [0.717, 1.165) is 32.0 Å². The molecular formula is C11H23BN2O2. The highest BCUT2D eigenvalue weighted by molar-refractivity contribution is 6.08. The lowest BCUT2D eigenvalue weighted by molar-refractivity contribution is -0.137. The Kier molecular flexibility index (Phi) is 5.28. The van der Waals surface area contributed by atoms with Crippen LogP contribution in [0.2, 0.25) is 6.32 Å². The van der Waals surface area contributed by atoms with E-state index in [4.69, 9.17) is 16.6 Å². The minimum Gasteiger partial charge on any atom is -0.481 e. The lowest BCUT2D eigenvalue weighted by Crippen LogP contribution is -2.44. The van der Waals surface area contributed by atoms with Crippen molar-refractivity contribution in [3.8, 4) is 0 Å². The van der Waals surface area contributed by atoms with Crippen molar-refractivity contribution >= 4 is 13.8 Å². The monoisotopic (exact) mass is 226 g/mol. The second-order valence-corrected chi connectivity index (χ2v) is 5.00. The van der Waals surface area contributed by atoms with Crippen LogP contribution < -0.4 is 11.5 Å². The number of nitrogens with two attached hydrogens (primary N) is 2. The Labute approximate surface area is 98.2 Å². The Hall–Kier alpha value is -0.545. The Bertz CT molecular complexity index is 238. The fourth-order valence-electron chi connectivity index (χ4n) is 2.83. The summed E-state index contributed by atoms with van der Waals surface area (Å²) in [4.78, 5) is 10.6. The summed E-state index contributed by atoms with van der Waals surface area (Å²) in [6.07, 6.45) is 4.92. The molecule has 5 N–H and O–H groups in total. The zero-order valence-corrected chi connectivity index (χ0v) is 10.1. The minimum absolute atomic E-state index is 0.207. The van der Waals surface area contributed by atoms with E-state index >= 15 is 0 Å². The minimum atomic E-state index is -0.716. The van der Waals surface area contributed by atoms with Gasteiger partial charge in [0, 0.05) is 18.5 Å². The predicted octanol–water partition coefficient (Wildman–Crippen LogP) is -0.0265. The second-order valence-electron chi connectivity index (χ2n) is 5.00. The fourth-order valence-corrected chi connectivity index (χ4v) is 2.83. The smallest absolute Gasteiger partial charge is 0.303 e. The molecule has 1 rings (SSSR count).